The largest absolute Gasteiger partial charge is 0.315 e. The summed E-state index contributed by atoms with van der Waals surface area (Å²) < 4.78 is 27.1. The predicted octanol–water partition coefficient (Wildman–Crippen LogP) is -0.132. The Hall–Kier alpha value is -0.170. The van der Waals surface area contributed by atoms with Crippen molar-refractivity contribution in [3.05, 3.63) is 0 Å². The Balaban J connectivity index is 2.66. The molecule has 1 rings (SSSR count). The fraction of sp³-hybridized carbons (Fsp3) is 1.00. The fourth-order valence-corrected chi connectivity index (χ4v) is 3.17. The highest BCUT2D eigenvalue weighted by Gasteiger charge is 2.26. The lowest BCUT2D eigenvalue weighted by Crippen LogP contribution is -2.43. The molecule has 0 saturated carbocycles. The van der Waals surface area contributed by atoms with E-state index < -0.39 is 10.2 Å². The van der Waals surface area contributed by atoms with Gasteiger partial charge in [-0.25, -0.2) is 0 Å². The third-order valence-corrected chi connectivity index (χ3v) is 4.55. The number of hydrogen-bond acceptors (Lipinski definition) is 3. The molecule has 5 nitrogen and oxygen atoms in total. The molecule has 0 aliphatic carbocycles. The molecule has 0 bridgehead atoms. The van der Waals surface area contributed by atoms with Gasteiger partial charge in [0.1, 0.15) is 0 Å². The van der Waals surface area contributed by atoms with Crippen LogP contribution in [0.5, 0.6) is 0 Å². The van der Waals surface area contributed by atoms with Crippen LogP contribution >= 0.6 is 0 Å². The van der Waals surface area contributed by atoms with E-state index in [1.807, 2.05) is 6.92 Å². The molecular formula is C9H21N3O2S. The summed E-state index contributed by atoms with van der Waals surface area (Å²) in [5, 5.41) is 3.20. The van der Waals surface area contributed by atoms with Crippen molar-refractivity contribution in [2.24, 2.45) is 0 Å². The van der Waals surface area contributed by atoms with Crippen LogP contribution in [0, 0.1) is 0 Å². The lowest BCUT2D eigenvalue weighted by Gasteiger charge is -2.25. The first-order chi connectivity index (χ1) is 7.09. The molecule has 1 saturated heterocycles. The van der Waals surface area contributed by atoms with Crippen molar-refractivity contribution in [1.29, 1.82) is 0 Å². The summed E-state index contributed by atoms with van der Waals surface area (Å²) >= 11 is 0. The molecule has 0 aromatic heterocycles. The molecule has 0 aromatic carbocycles. The summed E-state index contributed by atoms with van der Waals surface area (Å²) in [5.41, 5.74) is 0. The van der Waals surface area contributed by atoms with E-state index in [0.29, 0.717) is 19.6 Å². The van der Waals surface area contributed by atoms with Gasteiger partial charge in [-0.2, -0.15) is 17.0 Å². The molecule has 15 heavy (non-hydrogen) atoms. The minimum absolute atomic E-state index is 0.580. The zero-order chi connectivity index (χ0) is 11.3. The molecule has 0 atom stereocenters. The van der Waals surface area contributed by atoms with Crippen molar-refractivity contribution in [2.45, 2.75) is 19.8 Å². The maximum atomic E-state index is 12.1. The Bertz CT molecular complexity index is 271. The van der Waals surface area contributed by atoms with Gasteiger partial charge in [0.2, 0.25) is 0 Å². The molecule has 1 aliphatic rings. The van der Waals surface area contributed by atoms with Gasteiger partial charge in [-0.3, -0.25) is 0 Å². The third kappa shape index (κ3) is 3.41. The monoisotopic (exact) mass is 235 g/mol. The molecule has 0 amide bonds. The highest BCUT2D eigenvalue weighted by molar-refractivity contribution is 7.86. The Kier molecular flexibility index (Phi) is 4.98. The Morgan fingerprint density at radius 3 is 2.73 bits per heavy atom. The first-order valence-electron chi connectivity index (χ1n) is 5.51. The van der Waals surface area contributed by atoms with Crippen LogP contribution in [-0.2, 0) is 10.2 Å². The van der Waals surface area contributed by atoms with Crippen LogP contribution in [0.25, 0.3) is 0 Å². The molecule has 0 aromatic rings. The van der Waals surface area contributed by atoms with Crippen molar-refractivity contribution >= 4 is 10.2 Å². The Morgan fingerprint density at radius 2 is 2.07 bits per heavy atom. The van der Waals surface area contributed by atoms with Crippen molar-refractivity contribution in [2.75, 3.05) is 39.8 Å². The summed E-state index contributed by atoms with van der Waals surface area (Å²) in [7, 11) is -1.57. The highest BCUT2D eigenvalue weighted by Crippen LogP contribution is 2.08. The Morgan fingerprint density at radius 1 is 1.33 bits per heavy atom. The van der Waals surface area contributed by atoms with Gasteiger partial charge in [0.15, 0.2) is 0 Å². The summed E-state index contributed by atoms with van der Waals surface area (Å²) in [6.07, 6.45) is 1.74. The van der Waals surface area contributed by atoms with Crippen LogP contribution < -0.4 is 5.32 Å². The second-order valence-electron chi connectivity index (χ2n) is 3.83. The van der Waals surface area contributed by atoms with Crippen molar-refractivity contribution in [3.63, 3.8) is 0 Å². The van der Waals surface area contributed by atoms with E-state index in [0.717, 1.165) is 25.9 Å². The molecule has 1 aliphatic heterocycles. The zero-order valence-corrected chi connectivity index (χ0v) is 10.4. The summed E-state index contributed by atoms with van der Waals surface area (Å²) in [5.74, 6) is 0. The van der Waals surface area contributed by atoms with Gasteiger partial charge in [0.25, 0.3) is 10.2 Å². The average Bonchev–Trinajstić information content (AvgIpc) is 2.46. The van der Waals surface area contributed by atoms with E-state index in [1.165, 1.54) is 4.31 Å². The number of hydrogen-bond donors (Lipinski definition) is 1. The molecule has 1 N–H and O–H groups in total. The lowest BCUT2D eigenvalue weighted by atomic mass is 10.4. The van der Waals surface area contributed by atoms with Gasteiger partial charge in [-0.05, 0) is 19.4 Å². The van der Waals surface area contributed by atoms with Gasteiger partial charge in [0.05, 0.1) is 0 Å². The van der Waals surface area contributed by atoms with Crippen LogP contribution in [0.2, 0.25) is 0 Å². The highest BCUT2D eigenvalue weighted by atomic mass is 32.2. The predicted molar refractivity (Wildman–Crippen MR) is 60.9 cm³/mol. The molecule has 0 spiro atoms. The molecule has 1 heterocycles. The van der Waals surface area contributed by atoms with E-state index in [9.17, 15) is 8.42 Å². The standard InChI is InChI=1S/C9H21N3O2S/c1-3-7-11(2)15(13,14)12-8-4-5-10-6-9-12/h10H,3-9H2,1-2H3. The van der Waals surface area contributed by atoms with Crippen LogP contribution in [0.15, 0.2) is 0 Å². The SMILES string of the molecule is CCCN(C)S(=O)(=O)N1CCCNCC1. The minimum atomic E-state index is -3.22. The fourth-order valence-electron chi connectivity index (χ4n) is 1.68. The van der Waals surface area contributed by atoms with Gasteiger partial charge in [-0.1, -0.05) is 6.92 Å². The van der Waals surface area contributed by atoms with Crippen molar-refractivity contribution in [3.8, 4) is 0 Å². The number of nitrogens with one attached hydrogen (secondary N) is 1. The maximum absolute atomic E-state index is 12.1. The third-order valence-electron chi connectivity index (χ3n) is 2.56. The van der Waals surface area contributed by atoms with Gasteiger partial charge >= 0.3 is 0 Å². The van der Waals surface area contributed by atoms with Crippen LogP contribution in [0.1, 0.15) is 19.8 Å². The normalized spacial score (nSPS) is 20.5. The first-order valence-corrected chi connectivity index (χ1v) is 6.91. The summed E-state index contributed by atoms with van der Waals surface area (Å²) in [6, 6.07) is 0. The zero-order valence-electron chi connectivity index (χ0n) is 9.57. The van der Waals surface area contributed by atoms with Crippen molar-refractivity contribution < 1.29 is 8.42 Å². The molecular weight excluding hydrogens is 214 g/mol. The van der Waals surface area contributed by atoms with E-state index in [1.54, 1.807) is 11.4 Å². The average molecular weight is 235 g/mol. The van der Waals surface area contributed by atoms with Gasteiger partial charge in [-0.15, -0.1) is 0 Å². The van der Waals surface area contributed by atoms with E-state index in [4.69, 9.17) is 0 Å². The molecule has 0 radical (unpaired) electrons. The lowest BCUT2D eigenvalue weighted by molar-refractivity contribution is 0.370. The van der Waals surface area contributed by atoms with Crippen LogP contribution in [-0.4, -0.2) is 56.8 Å². The molecule has 6 heteroatoms. The summed E-state index contributed by atoms with van der Waals surface area (Å²) in [4.78, 5) is 0. The van der Waals surface area contributed by atoms with E-state index in [-0.39, 0.29) is 0 Å². The van der Waals surface area contributed by atoms with Crippen molar-refractivity contribution in [1.82, 2.24) is 13.9 Å². The first kappa shape index (κ1) is 12.9. The van der Waals surface area contributed by atoms with Gasteiger partial charge in [0, 0.05) is 33.2 Å². The smallest absolute Gasteiger partial charge is 0.281 e. The van der Waals surface area contributed by atoms with Crippen LogP contribution in [0.3, 0.4) is 0 Å². The van der Waals surface area contributed by atoms with E-state index in [2.05, 4.69) is 5.32 Å². The van der Waals surface area contributed by atoms with Crippen LogP contribution in [0.4, 0.5) is 0 Å². The maximum Gasteiger partial charge on any atom is 0.281 e. The number of nitrogens with zero attached hydrogens (tertiary/aromatic N) is 2. The van der Waals surface area contributed by atoms with E-state index >= 15 is 0 Å². The molecule has 0 unspecified atom stereocenters. The minimum Gasteiger partial charge on any atom is -0.315 e. The quantitative estimate of drug-likeness (QED) is 0.738. The number of rotatable bonds is 4. The van der Waals surface area contributed by atoms with Gasteiger partial charge < -0.3 is 5.32 Å². The molecule has 1 fully saturated rings. The second kappa shape index (κ2) is 5.79. The Labute approximate surface area is 92.6 Å². The topological polar surface area (TPSA) is 52.7 Å². The summed E-state index contributed by atoms with van der Waals surface area (Å²) in [6.45, 7) is 5.44. The molecule has 90 valence electrons. The second-order valence-corrected chi connectivity index (χ2v) is 5.87.